The monoisotopic (exact) mass is 311 g/mol. The minimum Gasteiger partial charge on any atom is -0.329 e. The lowest BCUT2D eigenvalue weighted by Crippen LogP contribution is -2.44. The lowest BCUT2D eigenvalue weighted by atomic mass is 9.83. The van der Waals surface area contributed by atoms with Crippen molar-refractivity contribution in [3.8, 4) is 0 Å². The molecule has 0 bridgehead atoms. The van der Waals surface area contributed by atoms with Gasteiger partial charge in [0.25, 0.3) is 0 Å². The van der Waals surface area contributed by atoms with Gasteiger partial charge in [-0.05, 0) is 52.4 Å². The highest BCUT2D eigenvalue weighted by molar-refractivity contribution is 9.10. The molecule has 1 aromatic heterocycles. The molecule has 0 spiro atoms. The molecule has 1 unspecified atom stereocenters. The van der Waals surface area contributed by atoms with Crippen molar-refractivity contribution in [2.24, 2.45) is 11.1 Å². The molecular weight excluding hydrogens is 290 g/mol. The summed E-state index contributed by atoms with van der Waals surface area (Å²) in [5.74, 6) is 0. The second kappa shape index (κ2) is 5.68. The molecule has 1 aliphatic heterocycles. The highest BCUT2D eigenvalue weighted by Crippen LogP contribution is 2.33. The Morgan fingerprint density at radius 1 is 1.50 bits per heavy atom. The molecule has 0 amide bonds. The van der Waals surface area contributed by atoms with Crippen molar-refractivity contribution in [1.29, 1.82) is 0 Å². The van der Waals surface area contributed by atoms with Gasteiger partial charge in [-0.2, -0.15) is 0 Å². The van der Waals surface area contributed by atoms with Crippen LogP contribution in [0.1, 0.15) is 38.3 Å². The summed E-state index contributed by atoms with van der Waals surface area (Å²) in [7, 11) is 0. The molecule has 0 saturated carbocycles. The van der Waals surface area contributed by atoms with Crippen LogP contribution in [0.2, 0.25) is 0 Å². The first-order valence-corrected chi connectivity index (χ1v) is 7.36. The maximum atomic E-state index is 5.99. The number of halogens is 1. The highest BCUT2D eigenvalue weighted by Gasteiger charge is 2.30. The number of nitrogens with two attached hydrogens (primary N) is 1. The zero-order valence-corrected chi connectivity index (χ0v) is 12.8. The first-order valence-electron chi connectivity index (χ1n) is 6.56. The zero-order valence-electron chi connectivity index (χ0n) is 11.2. The highest BCUT2D eigenvalue weighted by atomic mass is 79.9. The quantitative estimate of drug-likeness (QED) is 0.933. The Morgan fingerprint density at radius 2 is 2.28 bits per heavy atom. The van der Waals surface area contributed by atoms with Crippen LogP contribution in [-0.4, -0.2) is 29.5 Å². The van der Waals surface area contributed by atoms with Crippen LogP contribution in [0.3, 0.4) is 0 Å². The van der Waals surface area contributed by atoms with E-state index in [2.05, 4.69) is 45.7 Å². The second-order valence-corrected chi connectivity index (χ2v) is 6.84. The lowest BCUT2D eigenvalue weighted by Gasteiger charge is -2.42. The van der Waals surface area contributed by atoms with Crippen molar-refractivity contribution in [2.75, 3.05) is 19.6 Å². The van der Waals surface area contributed by atoms with Gasteiger partial charge in [-0.3, -0.25) is 9.88 Å². The molecule has 18 heavy (non-hydrogen) atoms. The average Bonchev–Trinajstić information content (AvgIpc) is 2.29. The Morgan fingerprint density at radius 3 is 2.89 bits per heavy atom. The van der Waals surface area contributed by atoms with Crippen LogP contribution in [0.15, 0.2) is 22.9 Å². The number of piperidine rings is 1. The number of pyridine rings is 1. The van der Waals surface area contributed by atoms with E-state index in [1.54, 1.807) is 0 Å². The van der Waals surface area contributed by atoms with Crippen LogP contribution in [0.4, 0.5) is 0 Å². The molecule has 0 radical (unpaired) electrons. The fourth-order valence-electron chi connectivity index (χ4n) is 2.84. The van der Waals surface area contributed by atoms with Crippen LogP contribution in [-0.2, 0) is 0 Å². The Labute approximate surface area is 118 Å². The number of rotatable bonds is 3. The summed E-state index contributed by atoms with van der Waals surface area (Å²) in [4.78, 5) is 6.76. The maximum Gasteiger partial charge on any atom is 0.0486 e. The van der Waals surface area contributed by atoms with Gasteiger partial charge in [0.15, 0.2) is 0 Å². The number of hydrogen-bond donors (Lipinski definition) is 1. The van der Waals surface area contributed by atoms with Gasteiger partial charge in [-0.25, -0.2) is 0 Å². The van der Waals surface area contributed by atoms with Crippen LogP contribution >= 0.6 is 15.9 Å². The third-order valence-corrected chi connectivity index (χ3v) is 4.14. The summed E-state index contributed by atoms with van der Waals surface area (Å²) >= 11 is 3.48. The van der Waals surface area contributed by atoms with Gasteiger partial charge in [0, 0.05) is 36.0 Å². The molecule has 0 aromatic carbocycles. The van der Waals surface area contributed by atoms with E-state index in [4.69, 9.17) is 5.73 Å². The number of aromatic nitrogens is 1. The van der Waals surface area contributed by atoms with Gasteiger partial charge >= 0.3 is 0 Å². The standard InChI is InChI=1S/C14H22BrN3/c1-14(2)4-3-5-18(10-14)13(7-16)11-6-12(15)9-17-8-11/h6,8-9,13H,3-5,7,10,16H2,1-2H3. The normalized spacial score (nSPS) is 21.8. The van der Waals surface area contributed by atoms with E-state index in [1.807, 2.05) is 12.4 Å². The van der Waals surface area contributed by atoms with Gasteiger partial charge < -0.3 is 5.73 Å². The van der Waals surface area contributed by atoms with E-state index in [0.29, 0.717) is 12.0 Å². The van der Waals surface area contributed by atoms with Crippen molar-refractivity contribution in [3.63, 3.8) is 0 Å². The van der Waals surface area contributed by atoms with E-state index < -0.39 is 0 Å². The Kier molecular flexibility index (Phi) is 4.41. The summed E-state index contributed by atoms with van der Waals surface area (Å²) in [5, 5.41) is 0. The van der Waals surface area contributed by atoms with Gasteiger partial charge in [0.2, 0.25) is 0 Å². The molecular formula is C14H22BrN3. The van der Waals surface area contributed by atoms with Gasteiger partial charge in [0.05, 0.1) is 0 Å². The van der Waals surface area contributed by atoms with Crippen molar-refractivity contribution in [1.82, 2.24) is 9.88 Å². The van der Waals surface area contributed by atoms with E-state index in [-0.39, 0.29) is 6.04 Å². The predicted molar refractivity (Wildman–Crippen MR) is 78.3 cm³/mol. The molecule has 1 atom stereocenters. The largest absolute Gasteiger partial charge is 0.329 e. The van der Waals surface area contributed by atoms with E-state index in [9.17, 15) is 0 Å². The molecule has 0 aliphatic carbocycles. The van der Waals surface area contributed by atoms with Gasteiger partial charge in [0.1, 0.15) is 0 Å². The van der Waals surface area contributed by atoms with Gasteiger partial charge in [-0.15, -0.1) is 0 Å². The third kappa shape index (κ3) is 3.31. The van der Waals surface area contributed by atoms with Crippen LogP contribution in [0.5, 0.6) is 0 Å². The van der Waals surface area contributed by atoms with Crippen molar-refractivity contribution < 1.29 is 0 Å². The molecule has 100 valence electrons. The molecule has 2 heterocycles. The van der Waals surface area contributed by atoms with Crippen molar-refractivity contribution in [3.05, 3.63) is 28.5 Å². The summed E-state index contributed by atoms with van der Waals surface area (Å²) in [6, 6.07) is 2.42. The zero-order chi connectivity index (χ0) is 13.2. The first kappa shape index (κ1) is 14.0. The van der Waals surface area contributed by atoms with E-state index in [0.717, 1.165) is 17.6 Å². The van der Waals surface area contributed by atoms with Crippen molar-refractivity contribution in [2.45, 2.75) is 32.7 Å². The summed E-state index contributed by atoms with van der Waals surface area (Å²) in [5.41, 5.74) is 7.60. The Hall–Kier alpha value is -0.450. The van der Waals surface area contributed by atoms with Gasteiger partial charge in [-0.1, -0.05) is 13.8 Å². The van der Waals surface area contributed by atoms with Crippen LogP contribution < -0.4 is 5.73 Å². The molecule has 1 aromatic rings. The molecule has 1 saturated heterocycles. The average molecular weight is 312 g/mol. The number of nitrogens with zero attached hydrogens (tertiary/aromatic N) is 2. The van der Waals surface area contributed by atoms with Crippen LogP contribution in [0.25, 0.3) is 0 Å². The van der Waals surface area contributed by atoms with Crippen molar-refractivity contribution >= 4 is 15.9 Å². The fraction of sp³-hybridized carbons (Fsp3) is 0.643. The SMILES string of the molecule is CC1(C)CCCN(C(CN)c2cncc(Br)c2)C1. The lowest BCUT2D eigenvalue weighted by molar-refractivity contribution is 0.0805. The fourth-order valence-corrected chi connectivity index (χ4v) is 3.22. The topological polar surface area (TPSA) is 42.1 Å². The van der Waals surface area contributed by atoms with Crippen LogP contribution in [0, 0.1) is 5.41 Å². The predicted octanol–water partition coefficient (Wildman–Crippen LogP) is 2.97. The first-order chi connectivity index (χ1) is 8.52. The minimum atomic E-state index is 0.287. The number of hydrogen-bond acceptors (Lipinski definition) is 3. The smallest absolute Gasteiger partial charge is 0.0486 e. The Balaban J connectivity index is 2.18. The molecule has 1 aliphatic rings. The molecule has 2 N–H and O–H groups in total. The molecule has 2 rings (SSSR count). The second-order valence-electron chi connectivity index (χ2n) is 5.93. The minimum absolute atomic E-state index is 0.287. The Bertz CT molecular complexity index is 406. The maximum absolute atomic E-state index is 5.99. The molecule has 1 fully saturated rings. The van der Waals surface area contributed by atoms with E-state index >= 15 is 0 Å². The third-order valence-electron chi connectivity index (χ3n) is 3.70. The summed E-state index contributed by atoms with van der Waals surface area (Å²) < 4.78 is 1.02. The van der Waals surface area contributed by atoms with E-state index in [1.165, 1.54) is 18.4 Å². The summed E-state index contributed by atoms with van der Waals surface area (Å²) in [6.45, 7) is 7.57. The summed E-state index contributed by atoms with van der Waals surface area (Å²) in [6.07, 6.45) is 6.31. The molecule has 4 heteroatoms. The molecule has 3 nitrogen and oxygen atoms in total. The number of likely N-dealkylation sites (tertiary alicyclic amines) is 1.